The Morgan fingerprint density at radius 1 is 1.39 bits per heavy atom. The highest BCUT2D eigenvalue weighted by Crippen LogP contribution is 2.15. The van der Waals surface area contributed by atoms with E-state index in [9.17, 15) is 0 Å². The first-order valence-electron chi connectivity index (χ1n) is 6.43. The Balaban J connectivity index is 1.66. The molecule has 0 bridgehead atoms. The van der Waals surface area contributed by atoms with Gasteiger partial charge in [-0.3, -0.25) is 0 Å². The van der Waals surface area contributed by atoms with Gasteiger partial charge in [-0.25, -0.2) is 9.97 Å². The molecule has 18 heavy (non-hydrogen) atoms. The highest BCUT2D eigenvalue weighted by molar-refractivity contribution is 5.77. The maximum atomic E-state index is 5.70. The SMILES string of the molecule is c1ncc2ccc(CCC3CNCCO3)cc2n1. The minimum atomic E-state index is 0.347. The van der Waals surface area contributed by atoms with Gasteiger partial charge >= 0.3 is 0 Å². The van der Waals surface area contributed by atoms with Crippen molar-refractivity contribution in [2.75, 3.05) is 19.7 Å². The molecule has 4 heteroatoms. The van der Waals surface area contributed by atoms with Gasteiger partial charge in [0.1, 0.15) is 6.33 Å². The van der Waals surface area contributed by atoms with Crippen molar-refractivity contribution in [3.8, 4) is 0 Å². The van der Waals surface area contributed by atoms with Crippen LogP contribution in [0.1, 0.15) is 12.0 Å². The molecule has 2 heterocycles. The fraction of sp³-hybridized carbons (Fsp3) is 0.429. The van der Waals surface area contributed by atoms with E-state index in [-0.39, 0.29) is 0 Å². The quantitative estimate of drug-likeness (QED) is 0.888. The summed E-state index contributed by atoms with van der Waals surface area (Å²) in [6.45, 7) is 2.77. The number of aryl methyl sites for hydroxylation is 1. The van der Waals surface area contributed by atoms with Crippen LogP contribution >= 0.6 is 0 Å². The summed E-state index contributed by atoms with van der Waals surface area (Å²) in [7, 11) is 0. The molecule has 1 aromatic heterocycles. The molecule has 1 unspecified atom stereocenters. The molecule has 1 saturated heterocycles. The highest BCUT2D eigenvalue weighted by Gasteiger charge is 2.12. The molecule has 0 amide bonds. The van der Waals surface area contributed by atoms with E-state index in [0.29, 0.717) is 6.10 Å². The van der Waals surface area contributed by atoms with Crippen molar-refractivity contribution in [1.29, 1.82) is 0 Å². The first-order chi connectivity index (χ1) is 8.92. The molecule has 2 aromatic rings. The number of hydrogen-bond acceptors (Lipinski definition) is 4. The number of benzene rings is 1. The summed E-state index contributed by atoms with van der Waals surface area (Å²) in [5.74, 6) is 0. The molecule has 1 aliphatic heterocycles. The summed E-state index contributed by atoms with van der Waals surface area (Å²) in [5.41, 5.74) is 2.33. The summed E-state index contributed by atoms with van der Waals surface area (Å²) in [6, 6.07) is 6.39. The number of nitrogens with one attached hydrogen (secondary N) is 1. The van der Waals surface area contributed by atoms with E-state index >= 15 is 0 Å². The van der Waals surface area contributed by atoms with E-state index in [1.54, 1.807) is 6.33 Å². The average molecular weight is 243 g/mol. The number of hydrogen-bond donors (Lipinski definition) is 1. The van der Waals surface area contributed by atoms with Gasteiger partial charge in [0, 0.05) is 24.7 Å². The molecule has 0 saturated carbocycles. The maximum Gasteiger partial charge on any atom is 0.116 e. The lowest BCUT2D eigenvalue weighted by atomic mass is 10.0. The normalized spacial score (nSPS) is 20.1. The van der Waals surface area contributed by atoms with Crippen LogP contribution in [0.3, 0.4) is 0 Å². The second-order valence-corrected chi connectivity index (χ2v) is 4.65. The Morgan fingerprint density at radius 2 is 2.39 bits per heavy atom. The first kappa shape index (κ1) is 11.6. The zero-order valence-electron chi connectivity index (χ0n) is 10.3. The Labute approximate surface area is 106 Å². The van der Waals surface area contributed by atoms with Crippen LogP contribution in [0, 0.1) is 0 Å². The van der Waals surface area contributed by atoms with E-state index in [1.165, 1.54) is 5.56 Å². The Kier molecular flexibility index (Phi) is 3.48. The van der Waals surface area contributed by atoms with E-state index < -0.39 is 0 Å². The molecule has 4 nitrogen and oxygen atoms in total. The third-order valence-corrected chi connectivity index (χ3v) is 3.33. The number of morpholine rings is 1. The lowest BCUT2D eigenvalue weighted by Crippen LogP contribution is -2.38. The van der Waals surface area contributed by atoms with E-state index in [1.807, 2.05) is 6.20 Å². The molecule has 94 valence electrons. The molecule has 3 rings (SSSR count). The third-order valence-electron chi connectivity index (χ3n) is 3.33. The predicted octanol–water partition coefficient (Wildman–Crippen LogP) is 1.55. The topological polar surface area (TPSA) is 47.0 Å². The van der Waals surface area contributed by atoms with Crippen LogP contribution in [-0.2, 0) is 11.2 Å². The third kappa shape index (κ3) is 2.66. The summed E-state index contributed by atoms with van der Waals surface area (Å²) < 4.78 is 5.70. The van der Waals surface area contributed by atoms with E-state index in [4.69, 9.17) is 4.74 Å². The molecule has 1 fully saturated rings. The Bertz CT molecular complexity index is 523. The lowest BCUT2D eigenvalue weighted by Gasteiger charge is -2.23. The van der Waals surface area contributed by atoms with Crippen LogP contribution in [0.2, 0.25) is 0 Å². The fourth-order valence-electron chi connectivity index (χ4n) is 2.31. The van der Waals surface area contributed by atoms with Crippen LogP contribution in [0.15, 0.2) is 30.7 Å². The minimum absolute atomic E-state index is 0.347. The second-order valence-electron chi connectivity index (χ2n) is 4.65. The Hall–Kier alpha value is -1.52. The van der Waals surface area contributed by atoms with Crippen LogP contribution in [0.25, 0.3) is 10.9 Å². The highest BCUT2D eigenvalue weighted by atomic mass is 16.5. The van der Waals surface area contributed by atoms with Gasteiger partial charge in [0.25, 0.3) is 0 Å². The average Bonchev–Trinajstić information content (AvgIpc) is 2.46. The van der Waals surface area contributed by atoms with Gasteiger partial charge in [-0.1, -0.05) is 12.1 Å². The zero-order chi connectivity index (χ0) is 12.2. The van der Waals surface area contributed by atoms with Gasteiger partial charge in [-0.15, -0.1) is 0 Å². The van der Waals surface area contributed by atoms with Crippen molar-refractivity contribution in [2.45, 2.75) is 18.9 Å². The molecule has 1 atom stereocenters. The van der Waals surface area contributed by atoms with Crippen molar-refractivity contribution in [1.82, 2.24) is 15.3 Å². The molecule has 1 aromatic carbocycles. The maximum absolute atomic E-state index is 5.70. The van der Waals surface area contributed by atoms with Crippen molar-refractivity contribution in [3.63, 3.8) is 0 Å². The predicted molar refractivity (Wildman–Crippen MR) is 70.5 cm³/mol. The smallest absolute Gasteiger partial charge is 0.116 e. The number of aromatic nitrogens is 2. The van der Waals surface area contributed by atoms with Gasteiger partial charge in [0.2, 0.25) is 0 Å². The number of ether oxygens (including phenoxy) is 1. The Morgan fingerprint density at radius 3 is 3.28 bits per heavy atom. The van der Waals surface area contributed by atoms with Gasteiger partial charge in [0.05, 0.1) is 18.2 Å². The van der Waals surface area contributed by atoms with Gasteiger partial charge in [0.15, 0.2) is 0 Å². The first-order valence-corrected chi connectivity index (χ1v) is 6.43. The van der Waals surface area contributed by atoms with Crippen LogP contribution in [0.5, 0.6) is 0 Å². The van der Waals surface area contributed by atoms with E-state index in [0.717, 1.165) is 43.4 Å². The summed E-state index contributed by atoms with van der Waals surface area (Å²) in [5, 5.41) is 4.45. The van der Waals surface area contributed by atoms with Crippen molar-refractivity contribution in [3.05, 3.63) is 36.3 Å². The molecule has 0 spiro atoms. The van der Waals surface area contributed by atoms with Crippen LogP contribution < -0.4 is 5.32 Å². The summed E-state index contributed by atoms with van der Waals surface area (Å²) in [4.78, 5) is 8.30. The summed E-state index contributed by atoms with van der Waals surface area (Å²) >= 11 is 0. The van der Waals surface area contributed by atoms with Gasteiger partial charge in [-0.2, -0.15) is 0 Å². The minimum Gasteiger partial charge on any atom is -0.376 e. The second kappa shape index (κ2) is 5.42. The molecular formula is C14H17N3O. The number of rotatable bonds is 3. The standard InChI is InChI=1S/C14H17N3O/c1-3-12-8-16-10-17-14(12)7-11(1)2-4-13-9-15-5-6-18-13/h1,3,7-8,10,13,15H,2,4-6,9H2. The number of fused-ring (bicyclic) bond motifs is 1. The zero-order valence-corrected chi connectivity index (χ0v) is 10.3. The van der Waals surface area contributed by atoms with Crippen LogP contribution in [-0.4, -0.2) is 35.8 Å². The molecule has 0 radical (unpaired) electrons. The summed E-state index contributed by atoms with van der Waals surface area (Å²) in [6.07, 6.45) is 5.89. The monoisotopic (exact) mass is 243 g/mol. The van der Waals surface area contributed by atoms with E-state index in [2.05, 4.69) is 33.5 Å². The lowest BCUT2D eigenvalue weighted by molar-refractivity contribution is 0.0238. The van der Waals surface area contributed by atoms with Gasteiger partial charge in [-0.05, 0) is 24.5 Å². The largest absolute Gasteiger partial charge is 0.376 e. The fourth-order valence-corrected chi connectivity index (χ4v) is 2.31. The molecule has 0 aliphatic carbocycles. The molecular weight excluding hydrogens is 226 g/mol. The van der Waals surface area contributed by atoms with Crippen LogP contribution in [0.4, 0.5) is 0 Å². The molecule has 1 N–H and O–H groups in total. The van der Waals surface area contributed by atoms with Crippen molar-refractivity contribution in [2.24, 2.45) is 0 Å². The van der Waals surface area contributed by atoms with Crippen molar-refractivity contribution >= 4 is 10.9 Å². The molecule has 1 aliphatic rings. The van der Waals surface area contributed by atoms with Gasteiger partial charge < -0.3 is 10.1 Å². The number of nitrogens with zero attached hydrogens (tertiary/aromatic N) is 2. The van der Waals surface area contributed by atoms with Crippen molar-refractivity contribution < 1.29 is 4.74 Å².